The van der Waals surface area contributed by atoms with Crippen LogP contribution in [0.25, 0.3) is 10.2 Å². The molecular weight excluding hydrogens is 428 g/mol. The second-order valence-electron chi connectivity index (χ2n) is 7.42. The van der Waals surface area contributed by atoms with Crippen LogP contribution in [-0.2, 0) is 4.79 Å². The highest BCUT2D eigenvalue weighted by Crippen LogP contribution is 2.31. The Morgan fingerprint density at radius 2 is 1.97 bits per heavy atom. The number of carbonyl (C=O) groups is 1. The molecule has 0 saturated carbocycles. The van der Waals surface area contributed by atoms with Gasteiger partial charge in [-0.3, -0.25) is 9.69 Å². The number of fused-ring (bicyclic) bond motifs is 1. The predicted molar refractivity (Wildman–Crippen MR) is 130 cm³/mol. The molecule has 1 fully saturated rings. The molecule has 1 aromatic heterocycles. The molecule has 1 aliphatic heterocycles. The summed E-state index contributed by atoms with van der Waals surface area (Å²) in [4.78, 5) is 22.8. The topological polar surface area (TPSA) is 57.7 Å². The summed E-state index contributed by atoms with van der Waals surface area (Å²) < 4.78 is 6.47. The smallest absolute Gasteiger partial charge is 0.220 e. The first kappa shape index (κ1) is 21.9. The van der Waals surface area contributed by atoms with Gasteiger partial charge >= 0.3 is 0 Å². The molecule has 0 spiro atoms. The van der Waals surface area contributed by atoms with Crippen molar-refractivity contribution >= 4 is 44.4 Å². The zero-order valence-electron chi connectivity index (χ0n) is 17.8. The quantitative estimate of drug-likeness (QED) is 0.495. The molecule has 2 heterocycles. The van der Waals surface area contributed by atoms with Crippen molar-refractivity contribution in [2.75, 3.05) is 57.0 Å². The summed E-state index contributed by atoms with van der Waals surface area (Å²) in [6, 6.07) is 16.2. The van der Waals surface area contributed by atoms with Gasteiger partial charge in [0.15, 0.2) is 5.13 Å². The van der Waals surface area contributed by atoms with Crippen molar-refractivity contribution in [1.29, 1.82) is 0 Å². The third kappa shape index (κ3) is 6.12. The Balaban J connectivity index is 1.15. The average Bonchev–Trinajstić information content (AvgIpc) is 3.23. The van der Waals surface area contributed by atoms with E-state index in [-0.39, 0.29) is 5.91 Å². The van der Waals surface area contributed by atoms with Gasteiger partial charge in [-0.25, -0.2) is 4.98 Å². The number of thiazole rings is 1. The van der Waals surface area contributed by atoms with Gasteiger partial charge in [0.05, 0.1) is 17.3 Å². The first-order valence-electron chi connectivity index (χ1n) is 10.6. The van der Waals surface area contributed by atoms with Gasteiger partial charge in [-0.15, -0.1) is 11.8 Å². The fraction of sp³-hybridized carbons (Fsp3) is 0.391. The lowest BCUT2D eigenvalue weighted by Gasteiger charge is -2.34. The summed E-state index contributed by atoms with van der Waals surface area (Å²) >= 11 is 3.44. The Bertz CT molecular complexity index is 988. The number of amides is 1. The molecule has 1 aliphatic rings. The second-order valence-corrected chi connectivity index (χ2v) is 9.60. The fourth-order valence-corrected chi connectivity index (χ4v) is 5.46. The summed E-state index contributed by atoms with van der Waals surface area (Å²) in [5.74, 6) is 1.81. The van der Waals surface area contributed by atoms with Crippen molar-refractivity contribution in [3.05, 3.63) is 48.5 Å². The van der Waals surface area contributed by atoms with Crippen LogP contribution in [0.1, 0.15) is 6.42 Å². The standard InChI is InChI=1S/C23H28N4O2S2/c1-29-18-7-8-20-21(17-18)31-23(25-20)27-14-12-26(13-15-27)11-10-24-22(28)9-16-30-19-5-3-2-4-6-19/h2-8,17H,9-16H2,1H3,(H,24,28). The van der Waals surface area contributed by atoms with Crippen LogP contribution in [0.3, 0.4) is 0 Å². The van der Waals surface area contributed by atoms with Crippen LogP contribution in [0, 0.1) is 0 Å². The van der Waals surface area contributed by atoms with Crippen LogP contribution in [0.15, 0.2) is 53.4 Å². The van der Waals surface area contributed by atoms with E-state index in [4.69, 9.17) is 9.72 Å². The minimum Gasteiger partial charge on any atom is -0.497 e. The molecule has 0 aliphatic carbocycles. The minimum absolute atomic E-state index is 0.131. The lowest BCUT2D eigenvalue weighted by atomic mass is 10.3. The van der Waals surface area contributed by atoms with Crippen LogP contribution in [0.5, 0.6) is 5.75 Å². The number of nitrogens with one attached hydrogen (secondary N) is 1. The number of thioether (sulfide) groups is 1. The number of nitrogens with zero attached hydrogens (tertiary/aromatic N) is 3. The zero-order valence-corrected chi connectivity index (χ0v) is 19.4. The Kier molecular flexibility index (Phi) is 7.66. The van der Waals surface area contributed by atoms with E-state index < -0.39 is 0 Å². The van der Waals surface area contributed by atoms with E-state index in [1.165, 1.54) is 4.90 Å². The Hall–Kier alpha value is -2.29. The van der Waals surface area contributed by atoms with Crippen molar-refractivity contribution in [1.82, 2.24) is 15.2 Å². The molecule has 164 valence electrons. The molecule has 6 nitrogen and oxygen atoms in total. The molecule has 0 bridgehead atoms. The van der Waals surface area contributed by atoms with Crippen molar-refractivity contribution in [3.8, 4) is 5.75 Å². The van der Waals surface area contributed by atoms with E-state index in [0.717, 1.165) is 59.6 Å². The summed E-state index contributed by atoms with van der Waals surface area (Å²) in [5.41, 5.74) is 1.02. The van der Waals surface area contributed by atoms with Crippen LogP contribution in [-0.4, -0.2) is 67.9 Å². The van der Waals surface area contributed by atoms with Gasteiger partial charge in [-0.2, -0.15) is 0 Å². The number of methoxy groups -OCH3 is 1. The Morgan fingerprint density at radius 3 is 2.74 bits per heavy atom. The van der Waals surface area contributed by atoms with Gasteiger partial charge in [-0.1, -0.05) is 29.5 Å². The van der Waals surface area contributed by atoms with Gasteiger partial charge < -0.3 is 15.0 Å². The molecule has 2 aromatic carbocycles. The van der Waals surface area contributed by atoms with E-state index in [2.05, 4.69) is 27.2 Å². The van der Waals surface area contributed by atoms with Gasteiger partial charge in [0.2, 0.25) is 5.91 Å². The number of hydrogen-bond acceptors (Lipinski definition) is 7. The monoisotopic (exact) mass is 456 g/mol. The number of benzene rings is 2. The molecule has 0 atom stereocenters. The van der Waals surface area contributed by atoms with Gasteiger partial charge in [0.25, 0.3) is 0 Å². The normalized spacial score (nSPS) is 14.7. The Morgan fingerprint density at radius 1 is 1.16 bits per heavy atom. The van der Waals surface area contributed by atoms with Crippen LogP contribution in [0.2, 0.25) is 0 Å². The molecule has 1 N–H and O–H groups in total. The van der Waals surface area contributed by atoms with E-state index in [1.54, 1.807) is 30.2 Å². The van der Waals surface area contributed by atoms with E-state index in [0.29, 0.717) is 13.0 Å². The van der Waals surface area contributed by atoms with Crippen molar-refractivity contribution in [2.45, 2.75) is 11.3 Å². The van der Waals surface area contributed by atoms with E-state index >= 15 is 0 Å². The van der Waals surface area contributed by atoms with Crippen LogP contribution < -0.4 is 15.0 Å². The number of aromatic nitrogens is 1. The molecule has 3 aromatic rings. The summed E-state index contributed by atoms with van der Waals surface area (Å²) in [5, 5.41) is 4.13. The molecular formula is C23H28N4O2S2. The molecule has 4 rings (SSSR count). The van der Waals surface area contributed by atoms with Gasteiger partial charge in [0, 0.05) is 56.3 Å². The molecule has 8 heteroatoms. The van der Waals surface area contributed by atoms with Gasteiger partial charge in [-0.05, 0) is 30.3 Å². The summed E-state index contributed by atoms with van der Waals surface area (Å²) in [6.07, 6.45) is 0.551. The third-order valence-corrected chi connectivity index (χ3v) is 7.41. The largest absolute Gasteiger partial charge is 0.497 e. The molecule has 0 radical (unpaired) electrons. The fourth-order valence-electron chi connectivity index (χ4n) is 3.54. The van der Waals surface area contributed by atoms with E-state index in [1.807, 2.05) is 36.4 Å². The maximum absolute atomic E-state index is 12.1. The number of piperazine rings is 1. The predicted octanol–water partition coefficient (Wildman–Crippen LogP) is 3.73. The van der Waals surface area contributed by atoms with Crippen LogP contribution >= 0.6 is 23.1 Å². The SMILES string of the molecule is COc1ccc2nc(N3CCN(CCNC(=O)CCSc4ccccc4)CC3)sc2c1. The van der Waals surface area contributed by atoms with Crippen molar-refractivity contribution in [3.63, 3.8) is 0 Å². The number of hydrogen-bond donors (Lipinski definition) is 1. The minimum atomic E-state index is 0.131. The first-order chi connectivity index (χ1) is 15.2. The maximum atomic E-state index is 12.1. The van der Waals surface area contributed by atoms with E-state index in [9.17, 15) is 4.79 Å². The lowest BCUT2D eigenvalue weighted by molar-refractivity contribution is -0.120. The molecule has 1 saturated heterocycles. The second kappa shape index (κ2) is 10.8. The van der Waals surface area contributed by atoms with Crippen LogP contribution in [0.4, 0.5) is 5.13 Å². The number of anilines is 1. The lowest BCUT2D eigenvalue weighted by Crippen LogP contribution is -2.48. The maximum Gasteiger partial charge on any atom is 0.220 e. The zero-order chi connectivity index (χ0) is 21.5. The Labute approximate surface area is 191 Å². The number of carbonyl (C=O) groups excluding carboxylic acids is 1. The average molecular weight is 457 g/mol. The van der Waals surface area contributed by atoms with Crippen molar-refractivity contribution < 1.29 is 9.53 Å². The third-order valence-electron chi connectivity index (χ3n) is 5.32. The highest BCUT2D eigenvalue weighted by molar-refractivity contribution is 7.99. The summed E-state index contributed by atoms with van der Waals surface area (Å²) in [7, 11) is 1.69. The molecule has 1 amide bonds. The van der Waals surface area contributed by atoms with Gasteiger partial charge in [0.1, 0.15) is 5.75 Å². The number of ether oxygens (including phenoxy) is 1. The molecule has 0 unspecified atom stereocenters. The van der Waals surface area contributed by atoms with Crippen molar-refractivity contribution in [2.24, 2.45) is 0 Å². The highest BCUT2D eigenvalue weighted by Gasteiger charge is 2.20. The molecule has 31 heavy (non-hydrogen) atoms. The number of rotatable bonds is 9. The first-order valence-corrected chi connectivity index (χ1v) is 12.4. The summed E-state index contributed by atoms with van der Waals surface area (Å²) in [6.45, 7) is 5.48. The highest BCUT2D eigenvalue weighted by atomic mass is 32.2.